The number of para-hydroxylation sites is 2. The Morgan fingerprint density at radius 2 is 2.37 bits per heavy atom. The molecule has 1 unspecified atom stereocenters. The number of amides is 1. The van der Waals surface area contributed by atoms with Crippen LogP contribution < -0.4 is 10.6 Å². The van der Waals surface area contributed by atoms with Crippen LogP contribution in [0.2, 0.25) is 0 Å². The fourth-order valence-corrected chi connectivity index (χ4v) is 2.84. The molecule has 6 nitrogen and oxygen atoms in total. The molecule has 0 spiro atoms. The van der Waals surface area contributed by atoms with Crippen LogP contribution >= 0.6 is 11.8 Å². The molecule has 0 aliphatic carbocycles. The van der Waals surface area contributed by atoms with E-state index in [-0.39, 0.29) is 11.9 Å². The smallest absolute Gasteiger partial charge is 0.242 e. The highest BCUT2D eigenvalue weighted by Gasteiger charge is 2.23. The number of thioether (sulfide) groups is 1. The minimum Gasteiger partial charge on any atom is -0.323 e. The van der Waals surface area contributed by atoms with Gasteiger partial charge in [0.05, 0.1) is 17.4 Å². The largest absolute Gasteiger partial charge is 0.323 e. The first-order valence-electron chi connectivity index (χ1n) is 5.90. The van der Waals surface area contributed by atoms with Crippen LogP contribution in [-0.2, 0) is 4.79 Å². The average molecular weight is 275 g/mol. The Morgan fingerprint density at radius 3 is 3.11 bits per heavy atom. The zero-order chi connectivity index (χ0) is 13.1. The van der Waals surface area contributed by atoms with Gasteiger partial charge in [0.15, 0.2) is 0 Å². The van der Waals surface area contributed by atoms with Crippen molar-refractivity contribution in [1.82, 2.24) is 20.1 Å². The van der Waals surface area contributed by atoms with E-state index in [4.69, 9.17) is 0 Å². The van der Waals surface area contributed by atoms with Gasteiger partial charge in [-0.05, 0) is 12.1 Å². The van der Waals surface area contributed by atoms with Gasteiger partial charge in [-0.25, -0.2) is 9.67 Å². The number of aromatic nitrogens is 3. The van der Waals surface area contributed by atoms with Gasteiger partial charge < -0.3 is 5.32 Å². The van der Waals surface area contributed by atoms with E-state index in [2.05, 4.69) is 20.7 Å². The third-order valence-corrected chi connectivity index (χ3v) is 3.80. The van der Waals surface area contributed by atoms with Crippen molar-refractivity contribution < 1.29 is 4.79 Å². The van der Waals surface area contributed by atoms with Gasteiger partial charge in [0.2, 0.25) is 5.91 Å². The number of anilines is 1. The first kappa shape index (κ1) is 12.2. The van der Waals surface area contributed by atoms with Gasteiger partial charge in [-0.2, -0.15) is 5.10 Å². The van der Waals surface area contributed by atoms with Crippen LogP contribution in [0, 0.1) is 0 Å². The minimum absolute atomic E-state index is 0.0161. The van der Waals surface area contributed by atoms with Crippen LogP contribution in [0.3, 0.4) is 0 Å². The molecule has 0 radical (unpaired) electrons. The Kier molecular flexibility index (Phi) is 3.47. The van der Waals surface area contributed by atoms with Crippen molar-refractivity contribution in [2.45, 2.75) is 6.04 Å². The predicted molar refractivity (Wildman–Crippen MR) is 74.2 cm³/mol. The van der Waals surface area contributed by atoms with E-state index in [0.717, 1.165) is 23.0 Å². The van der Waals surface area contributed by atoms with Crippen molar-refractivity contribution >= 4 is 23.4 Å². The number of nitrogens with zero attached hydrogens (tertiary/aromatic N) is 3. The average Bonchev–Trinajstić information content (AvgIpc) is 3.13. The Labute approximate surface area is 114 Å². The van der Waals surface area contributed by atoms with Crippen LogP contribution in [0.25, 0.3) is 5.69 Å². The lowest BCUT2D eigenvalue weighted by molar-refractivity contribution is -0.117. The van der Waals surface area contributed by atoms with Gasteiger partial charge in [-0.1, -0.05) is 12.1 Å². The lowest BCUT2D eigenvalue weighted by atomic mass is 10.2. The van der Waals surface area contributed by atoms with Crippen molar-refractivity contribution in [2.24, 2.45) is 0 Å². The molecule has 1 aliphatic heterocycles. The molecule has 0 bridgehead atoms. The summed E-state index contributed by atoms with van der Waals surface area (Å²) in [5.41, 5.74) is 1.54. The van der Waals surface area contributed by atoms with Crippen LogP contribution in [0.5, 0.6) is 0 Å². The highest BCUT2D eigenvalue weighted by molar-refractivity contribution is 7.99. The summed E-state index contributed by atoms with van der Waals surface area (Å²) in [6.45, 7) is 0. The molecule has 0 saturated carbocycles. The van der Waals surface area contributed by atoms with Gasteiger partial charge in [0.25, 0.3) is 0 Å². The minimum atomic E-state index is -0.131. The Morgan fingerprint density at radius 1 is 1.47 bits per heavy atom. The summed E-state index contributed by atoms with van der Waals surface area (Å²) in [4.78, 5) is 16.0. The quantitative estimate of drug-likeness (QED) is 0.869. The molecule has 7 heteroatoms. The summed E-state index contributed by atoms with van der Waals surface area (Å²) in [6.07, 6.45) is 3.07. The fraction of sp³-hybridized carbons (Fsp3) is 0.250. The summed E-state index contributed by atoms with van der Waals surface area (Å²) in [5.74, 6) is 1.61. The molecule has 1 atom stereocenters. The van der Waals surface area contributed by atoms with Crippen LogP contribution in [-0.4, -0.2) is 38.3 Å². The Bertz CT molecular complexity index is 565. The highest BCUT2D eigenvalue weighted by Crippen LogP contribution is 2.20. The Balaban J connectivity index is 1.83. The topological polar surface area (TPSA) is 71.8 Å². The summed E-state index contributed by atoms with van der Waals surface area (Å²) >= 11 is 1.72. The van der Waals surface area contributed by atoms with Crippen molar-refractivity contribution in [1.29, 1.82) is 0 Å². The zero-order valence-electron chi connectivity index (χ0n) is 10.1. The van der Waals surface area contributed by atoms with E-state index in [0.29, 0.717) is 0 Å². The van der Waals surface area contributed by atoms with E-state index in [9.17, 15) is 4.79 Å². The third kappa shape index (κ3) is 2.61. The number of hydrogen-bond acceptors (Lipinski definition) is 5. The second kappa shape index (κ2) is 5.41. The molecule has 1 fully saturated rings. The van der Waals surface area contributed by atoms with Crippen LogP contribution in [0.4, 0.5) is 5.69 Å². The lowest BCUT2D eigenvalue weighted by Crippen LogP contribution is -2.37. The summed E-state index contributed by atoms with van der Waals surface area (Å²) in [7, 11) is 0. The first-order valence-corrected chi connectivity index (χ1v) is 7.06. The molecule has 2 heterocycles. The van der Waals surface area contributed by atoms with E-state index >= 15 is 0 Å². The van der Waals surface area contributed by atoms with Gasteiger partial charge >= 0.3 is 0 Å². The molecule has 3 rings (SSSR count). The standard InChI is InChI=1S/C12H13N5OS/c18-12(10-5-19-8-14-10)16-9-3-1-2-4-11(9)17-7-13-6-15-17/h1-4,6-7,10,14H,5,8H2,(H,16,18). The SMILES string of the molecule is O=C(Nc1ccccc1-n1cncn1)C1CSCN1. The maximum Gasteiger partial charge on any atom is 0.242 e. The molecule has 1 aromatic heterocycles. The lowest BCUT2D eigenvalue weighted by Gasteiger charge is -2.13. The van der Waals surface area contributed by atoms with Gasteiger partial charge in [-0.15, -0.1) is 11.8 Å². The van der Waals surface area contributed by atoms with E-state index in [1.807, 2.05) is 24.3 Å². The second-order valence-electron chi connectivity index (χ2n) is 4.12. The second-order valence-corrected chi connectivity index (χ2v) is 5.15. The van der Waals surface area contributed by atoms with Crippen molar-refractivity contribution in [3.63, 3.8) is 0 Å². The maximum atomic E-state index is 12.1. The fourth-order valence-electron chi connectivity index (χ4n) is 1.90. The number of rotatable bonds is 3. The van der Waals surface area contributed by atoms with Crippen molar-refractivity contribution in [2.75, 3.05) is 16.9 Å². The summed E-state index contributed by atoms with van der Waals surface area (Å²) in [5, 5.41) is 10.2. The normalized spacial score (nSPS) is 18.4. The van der Waals surface area contributed by atoms with E-state index < -0.39 is 0 Å². The van der Waals surface area contributed by atoms with Crippen LogP contribution in [0.15, 0.2) is 36.9 Å². The molecule has 1 aromatic carbocycles. The molecule has 2 aromatic rings. The van der Waals surface area contributed by atoms with Gasteiger partial charge in [0, 0.05) is 11.6 Å². The number of benzene rings is 1. The summed E-state index contributed by atoms with van der Waals surface area (Å²) in [6, 6.07) is 7.40. The zero-order valence-corrected chi connectivity index (χ0v) is 10.9. The monoisotopic (exact) mass is 275 g/mol. The maximum absolute atomic E-state index is 12.1. The van der Waals surface area contributed by atoms with Crippen molar-refractivity contribution in [3.05, 3.63) is 36.9 Å². The molecule has 1 amide bonds. The highest BCUT2D eigenvalue weighted by atomic mass is 32.2. The molecule has 19 heavy (non-hydrogen) atoms. The number of hydrogen-bond donors (Lipinski definition) is 2. The molecular weight excluding hydrogens is 262 g/mol. The third-order valence-electron chi connectivity index (χ3n) is 2.86. The summed E-state index contributed by atoms with van der Waals surface area (Å²) < 4.78 is 1.63. The molecule has 1 saturated heterocycles. The van der Waals surface area contributed by atoms with Crippen LogP contribution in [0.1, 0.15) is 0 Å². The van der Waals surface area contributed by atoms with Gasteiger partial charge in [-0.3, -0.25) is 10.1 Å². The van der Waals surface area contributed by atoms with E-state index in [1.54, 1.807) is 22.8 Å². The van der Waals surface area contributed by atoms with Crippen molar-refractivity contribution in [3.8, 4) is 5.69 Å². The number of carbonyl (C=O) groups excluding carboxylic acids is 1. The molecular formula is C12H13N5OS. The van der Waals surface area contributed by atoms with Gasteiger partial charge in [0.1, 0.15) is 12.7 Å². The predicted octanol–water partition coefficient (Wildman–Crippen LogP) is 0.868. The first-order chi connectivity index (χ1) is 9.34. The molecule has 98 valence electrons. The van der Waals surface area contributed by atoms with E-state index in [1.165, 1.54) is 6.33 Å². The number of carbonyl (C=O) groups is 1. The number of nitrogens with one attached hydrogen (secondary N) is 2. The molecule has 1 aliphatic rings. The Hall–Kier alpha value is -1.86. The molecule has 2 N–H and O–H groups in total.